The van der Waals surface area contributed by atoms with Crippen molar-refractivity contribution >= 4 is 34.8 Å². The normalized spacial score (nSPS) is 13.2. The molecule has 0 unspecified atom stereocenters. The first-order valence-electron chi connectivity index (χ1n) is 9.76. The predicted octanol–water partition coefficient (Wildman–Crippen LogP) is 5.54. The number of alkyl halides is 3. The third kappa shape index (κ3) is 5.53. The van der Waals surface area contributed by atoms with Crippen molar-refractivity contribution in [1.82, 2.24) is 10.3 Å². The number of hydrogen-bond acceptors (Lipinski definition) is 5. The minimum Gasteiger partial charge on any atom is -0.438 e. The maximum Gasteiger partial charge on any atom is 0.417 e. The zero-order chi connectivity index (χ0) is 23.4. The summed E-state index contributed by atoms with van der Waals surface area (Å²) in [6.45, 7) is 1.43. The molecule has 0 fully saturated rings. The van der Waals surface area contributed by atoms with E-state index in [2.05, 4.69) is 25.9 Å². The van der Waals surface area contributed by atoms with E-state index in [4.69, 9.17) is 16.3 Å². The molecule has 0 saturated carbocycles. The highest BCUT2D eigenvalue weighted by Crippen LogP contribution is 2.36. The van der Waals surface area contributed by atoms with E-state index >= 15 is 0 Å². The summed E-state index contributed by atoms with van der Waals surface area (Å²) in [5.74, 6) is 1.57. The van der Waals surface area contributed by atoms with Crippen LogP contribution in [0.25, 0.3) is 0 Å². The third-order valence-electron chi connectivity index (χ3n) is 4.56. The van der Waals surface area contributed by atoms with E-state index < -0.39 is 22.8 Å². The molecule has 0 spiro atoms. The van der Waals surface area contributed by atoms with Crippen LogP contribution in [-0.4, -0.2) is 29.9 Å². The number of carbonyl (C=O) groups is 1. The van der Waals surface area contributed by atoms with Gasteiger partial charge in [0, 0.05) is 24.1 Å². The maximum atomic E-state index is 13.0. The van der Waals surface area contributed by atoms with E-state index in [9.17, 15) is 18.0 Å². The summed E-state index contributed by atoms with van der Waals surface area (Å²) >= 11 is 5.59. The zero-order valence-corrected chi connectivity index (χ0v) is 17.7. The van der Waals surface area contributed by atoms with Crippen LogP contribution in [0, 0.1) is 0 Å². The second-order valence-corrected chi connectivity index (χ2v) is 7.32. The van der Waals surface area contributed by atoms with Gasteiger partial charge in [0.15, 0.2) is 0 Å². The van der Waals surface area contributed by atoms with Gasteiger partial charge in [0.2, 0.25) is 5.88 Å². The molecule has 0 bridgehead atoms. The minimum atomic E-state index is -4.63. The van der Waals surface area contributed by atoms with E-state index in [-0.39, 0.29) is 5.69 Å². The van der Waals surface area contributed by atoms with Gasteiger partial charge in [0.05, 0.1) is 22.7 Å². The van der Waals surface area contributed by atoms with Gasteiger partial charge in [-0.05, 0) is 54.6 Å². The van der Waals surface area contributed by atoms with Crippen molar-refractivity contribution in [3.05, 3.63) is 76.9 Å². The van der Waals surface area contributed by atoms with Gasteiger partial charge in [0.1, 0.15) is 11.6 Å². The fraction of sp³-hybridized carbons (Fsp3) is 0.136. The number of rotatable bonds is 5. The number of halogens is 4. The molecule has 0 atom stereocenters. The Balaban J connectivity index is 1.40. The number of pyridine rings is 1. The highest BCUT2D eigenvalue weighted by atomic mass is 35.5. The molecule has 1 aromatic heterocycles. The first kappa shape index (κ1) is 22.4. The molecular formula is C22H17ClF3N5O2. The Kier molecular flexibility index (Phi) is 6.36. The highest BCUT2D eigenvalue weighted by Gasteiger charge is 2.33. The first-order valence-corrected chi connectivity index (χ1v) is 10.1. The van der Waals surface area contributed by atoms with Crippen molar-refractivity contribution in [1.29, 1.82) is 0 Å². The third-order valence-corrected chi connectivity index (χ3v) is 4.89. The van der Waals surface area contributed by atoms with Crippen molar-refractivity contribution in [3.8, 4) is 11.6 Å². The molecule has 4 rings (SSSR count). The lowest BCUT2D eigenvalue weighted by molar-refractivity contribution is -0.137. The Morgan fingerprint density at radius 2 is 1.79 bits per heavy atom. The van der Waals surface area contributed by atoms with Crippen LogP contribution in [0.5, 0.6) is 11.6 Å². The summed E-state index contributed by atoms with van der Waals surface area (Å²) < 4.78 is 44.8. The van der Waals surface area contributed by atoms with Crippen molar-refractivity contribution in [2.45, 2.75) is 6.18 Å². The van der Waals surface area contributed by atoms with Gasteiger partial charge >= 0.3 is 12.2 Å². The number of benzene rings is 2. The quantitative estimate of drug-likeness (QED) is 0.452. The summed E-state index contributed by atoms with van der Waals surface area (Å²) in [7, 11) is 0. The second kappa shape index (κ2) is 9.37. The molecule has 0 aliphatic carbocycles. The number of anilines is 2. The molecule has 0 saturated heterocycles. The summed E-state index contributed by atoms with van der Waals surface area (Å²) in [6, 6.07) is 12.5. The minimum absolute atomic E-state index is 0.0460. The Morgan fingerprint density at radius 1 is 1.06 bits per heavy atom. The molecule has 33 heavy (non-hydrogen) atoms. The number of aromatic nitrogens is 1. The van der Waals surface area contributed by atoms with E-state index in [0.717, 1.165) is 24.2 Å². The van der Waals surface area contributed by atoms with Crippen LogP contribution in [-0.2, 0) is 6.18 Å². The number of amides is 2. The van der Waals surface area contributed by atoms with Gasteiger partial charge in [-0.15, -0.1) is 0 Å². The van der Waals surface area contributed by atoms with Crippen molar-refractivity contribution in [2.24, 2.45) is 4.99 Å². The van der Waals surface area contributed by atoms with Gasteiger partial charge in [0.25, 0.3) is 0 Å². The monoisotopic (exact) mass is 475 g/mol. The number of nitrogens with one attached hydrogen (secondary N) is 3. The molecular weight excluding hydrogens is 459 g/mol. The van der Waals surface area contributed by atoms with Gasteiger partial charge in [-0.1, -0.05) is 11.6 Å². The molecule has 2 heterocycles. The number of hydrogen-bond donors (Lipinski definition) is 3. The van der Waals surface area contributed by atoms with E-state index in [0.29, 0.717) is 29.7 Å². The topological polar surface area (TPSA) is 87.6 Å². The van der Waals surface area contributed by atoms with E-state index in [1.54, 1.807) is 36.5 Å². The van der Waals surface area contributed by atoms with Crippen LogP contribution in [0.1, 0.15) is 11.1 Å². The smallest absolute Gasteiger partial charge is 0.417 e. The Morgan fingerprint density at radius 3 is 2.48 bits per heavy atom. The average molecular weight is 476 g/mol. The summed E-state index contributed by atoms with van der Waals surface area (Å²) in [5, 5.41) is 7.62. The van der Waals surface area contributed by atoms with Crippen LogP contribution >= 0.6 is 11.6 Å². The van der Waals surface area contributed by atoms with Crippen molar-refractivity contribution in [3.63, 3.8) is 0 Å². The highest BCUT2D eigenvalue weighted by molar-refractivity contribution is 6.31. The van der Waals surface area contributed by atoms with Crippen LogP contribution < -0.4 is 20.7 Å². The number of urea groups is 1. The summed E-state index contributed by atoms with van der Waals surface area (Å²) in [6.07, 6.45) is -3.02. The van der Waals surface area contributed by atoms with Gasteiger partial charge in [-0.3, -0.25) is 4.99 Å². The molecule has 1 aliphatic rings. The molecule has 1 aliphatic heterocycles. The van der Waals surface area contributed by atoms with Crippen molar-refractivity contribution in [2.75, 3.05) is 23.7 Å². The standard InChI is InChI=1S/C22H17ClF3N5O2/c23-18-8-5-14(12-17(18)22(24,25)26)31-21(32)30-13-3-6-15(7-4-13)33-20-16(2-1-9-29-20)19-27-10-11-28-19/h1-9,12H,10-11H2,(H,27,28)(H2,30,31,32). The molecule has 11 heteroatoms. The van der Waals surface area contributed by atoms with Crippen LogP contribution in [0.3, 0.4) is 0 Å². The Labute approximate surface area is 191 Å². The van der Waals surface area contributed by atoms with Crippen LogP contribution in [0.15, 0.2) is 65.8 Å². The maximum absolute atomic E-state index is 13.0. The van der Waals surface area contributed by atoms with Gasteiger partial charge < -0.3 is 20.7 Å². The average Bonchev–Trinajstić information content (AvgIpc) is 3.31. The van der Waals surface area contributed by atoms with Gasteiger partial charge in [-0.25, -0.2) is 9.78 Å². The first-order chi connectivity index (χ1) is 15.8. The van der Waals surface area contributed by atoms with Gasteiger partial charge in [-0.2, -0.15) is 13.2 Å². The summed E-state index contributed by atoms with van der Waals surface area (Å²) in [4.78, 5) is 20.8. The summed E-state index contributed by atoms with van der Waals surface area (Å²) in [5.41, 5.74) is 0.0668. The lowest BCUT2D eigenvalue weighted by Crippen LogP contribution is -2.20. The largest absolute Gasteiger partial charge is 0.438 e. The molecule has 170 valence electrons. The number of amidine groups is 1. The molecule has 2 amide bonds. The Bertz CT molecular complexity index is 1200. The molecule has 3 N–H and O–H groups in total. The molecule has 7 nitrogen and oxygen atoms in total. The number of aliphatic imine (C=N–C) groups is 1. The second-order valence-electron chi connectivity index (χ2n) is 6.91. The van der Waals surface area contributed by atoms with E-state index in [1.807, 2.05) is 6.07 Å². The molecule has 3 aromatic rings. The zero-order valence-electron chi connectivity index (χ0n) is 16.9. The fourth-order valence-electron chi connectivity index (χ4n) is 3.06. The van der Waals surface area contributed by atoms with Crippen LogP contribution in [0.2, 0.25) is 5.02 Å². The van der Waals surface area contributed by atoms with Crippen LogP contribution in [0.4, 0.5) is 29.3 Å². The lowest BCUT2D eigenvalue weighted by Gasteiger charge is -2.13. The molecule has 2 aromatic carbocycles. The number of nitrogens with zero attached hydrogens (tertiary/aromatic N) is 2. The predicted molar refractivity (Wildman–Crippen MR) is 119 cm³/mol. The number of ether oxygens (including phenoxy) is 1. The fourth-order valence-corrected chi connectivity index (χ4v) is 3.29. The molecule has 0 radical (unpaired) electrons. The SMILES string of the molecule is O=C(Nc1ccc(Oc2ncccc2C2=NCCN2)cc1)Nc1ccc(Cl)c(C(F)(F)F)c1. The lowest BCUT2D eigenvalue weighted by atomic mass is 10.2. The van der Waals surface area contributed by atoms with E-state index in [1.165, 1.54) is 6.07 Å². The van der Waals surface area contributed by atoms with Crippen molar-refractivity contribution < 1.29 is 22.7 Å². The number of carbonyl (C=O) groups excluding carboxylic acids is 1. The Hall–Kier alpha value is -3.79.